The molecule has 3 aromatic rings. The summed E-state index contributed by atoms with van der Waals surface area (Å²) in [5.41, 5.74) is 4.27. The molecule has 1 unspecified atom stereocenters. The van der Waals surface area contributed by atoms with Gasteiger partial charge in [-0.3, -0.25) is 14.5 Å². The van der Waals surface area contributed by atoms with E-state index in [1.54, 1.807) is 4.90 Å². The molecule has 1 N–H and O–H groups in total. The van der Waals surface area contributed by atoms with E-state index in [1.807, 2.05) is 35.2 Å². The fourth-order valence-corrected chi connectivity index (χ4v) is 5.80. The lowest BCUT2D eigenvalue weighted by Gasteiger charge is -2.47. The number of piperazine rings is 1. The van der Waals surface area contributed by atoms with Gasteiger partial charge < -0.3 is 19.5 Å². The molecule has 6 rings (SSSR count). The Kier molecular flexibility index (Phi) is 5.59. The number of nitrogens with zero attached hydrogens (tertiary/aromatic N) is 3. The fourth-order valence-electron chi connectivity index (χ4n) is 5.80. The Labute approximate surface area is 199 Å². The predicted octanol–water partition coefficient (Wildman–Crippen LogP) is 2.58. The van der Waals surface area contributed by atoms with E-state index in [-0.39, 0.29) is 24.4 Å². The number of hydrogen-bond donors (Lipinski definition) is 1. The van der Waals surface area contributed by atoms with Gasteiger partial charge in [0.25, 0.3) is 0 Å². The molecule has 4 heterocycles. The van der Waals surface area contributed by atoms with Gasteiger partial charge in [0.1, 0.15) is 6.04 Å². The van der Waals surface area contributed by atoms with Crippen LogP contribution in [-0.4, -0.2) is 83.5 Å². The first-order chi connectivity index (χ1) is 16.7. The topological polar surface area (TPSA) is 68.9 Å². The smallest absolute Gasteiger partial charge is 0.246 e. The summed E-state index contributed by atoms with van der Waals surface area (Å²) in [6, 6.07) is 17.5. The minimum Gasteiger partial charge on any atom is -0.379 e. The van der Waals surface area contributed by atoms with Crippen molar-refractivity contribution in [2.24, 2.45) is 0 Å². The second-order valence-electron chi connectivity index (χ2n) is 9.46. The van der Waals surface area contributed by atoms with Crippen LogP contribution in [0.3, 0.4) is 0 Å². The number of aromatic nitrogens is 1. The second-order valence-corrected chi connectivity index (χ2v) is 9.46. The number of nitrogens with one attached hydrogen (secondary N) is 1. The quantitative estimate of drug-likeness (QED) is 0.638. The number of rotatable bonds is 5. The number of morpholine rings is 1. The molecule has 0 bridgehead atoms. The summed E-state index contributed by atoms with van der Waals surface area (Å²) in [6.07, 6.45) is 1.42. The Hall–Kier alpha value is -3.16. The van der Waals surface area contributed by atoms with Crippen LogP contribution < -0.4 is 0 Å². The lowest BCUT2D eigenvalue weighted by molar-refractivity contribution is -0.158. The van der Waals surface area contributed by atoms with Gasteiger partial charge >= 0.3 is 0 Å². The number of benzene rings is 2. The molecule has 7 nitrogen and oxygen atoms in total. The predicted molar refractivity (Wildman–Crippen MR) is 129 cm³/mol. The van der Waals surface area contributed by atoms with Gasteiger partial charge in [-0.1, -0.05) is 48.5 Å². The van der Waals surface area contributed by atoms with Crippen molar-refractivity contribution in [3.8, 4) is 0 Å². The molecule has 0 spiro atoms. The largest absolute Gasteiger partial charge is 0.379 e. The van der Waals surface area contributed by atoms with E-state index in [1.165, 1.54) is 0 Å². The van der Waals surface area contributed by atoms with Gasteiger partial charge in [-0.05, 0) is 23.6 Å². The van der Waals surface area contributed by atoms with Gasteiger partial charge in [0.15, 0.2) is 0 Å². The number of aromatic amines is 1. The van der Waals surface area contributed by atoms with Gasteiger partial charge in [0.2, 0.25) is 11.8 Å². The summed E-state index contributed by atoms with van der Waals surface area (Å²) in [6.45, 7) is 5.10. The third-order valence-electron chi connectivity index (χ3n) is 7.46. The standard InChI is InChI=1S/C27H30N4O3/c32-24-18-30(12-6-11-29-13-15-34-16-14-29)27(33)23-17-21-20-9-4-5-10-22(20)28-25(21)26(31(23)24)19-7-2-1-3-8-19/h1-5,7-10,23,26,28H,6,11-18H2/t23-,26?/m0/s1. The highest BCUT2D eigenvalue weighted by atomic mass is 16.5. The highest BCUT2D eigenvalue weighted by molar-refractivity contribution is 5.97. The van der Waals surface area contributed by atoms with Crippen LogP contribution in [0.15, 0.2) is 54.6 Å². The van der Waals surface area contributed by atoms with Gasteiger partial charge in [-0.25, -0.2) is 0 Å². The van der Waals surface area contributed by atoms with Crippen LogP contribution in [0.2, 0.25) is 0 Å². The number of amides is 2. The van der Waals surface area contributed by atoms with E-state index in [9.17, 15) is 9.59 Å². The molecule has 2 amide bonds. The molecule has 0 radical (unpaired) electrons. The SMILES string of the molecule is O=C1[C@@H]2Cc3c([nH]c4ccccc34)C(c3ccccc3)N2C(=O)CN1CCCN1CCOCC1. The molecule has 3 aliphatic rings. The Balaban J connectivity index is 1.30. The minimum absolute atomic E-state index is 0.0223. The molecule has 34 heavy (non-hydrogen) atoms. The monoisotopic (exact) mass is 458 g/mol. The van der Waals surface area contributed by atoms with Crippen LogP contribution in [0.4, 0.5) is 0 Å². The molecule has 2 saturated heterocycles. The maximum Gasteiger partial charge on any atom is 0.246 e. The Morgan fingerprint density at radius 3 is 2.53 bits per heavy atom. The number of ether oxygens (including phenoxy) is 1. The van der Waals surface area contributed by atoms with E-state index in [0.29, 0.717) is 13.0 Å². The molecule has 7 heteroatoms. The highest BCUT2D eigenvalue weighted by Crippen LogP contribution is 2.42. The van der Waals surface area contributed by atoms with Crippen LogP contribution in [0.1, 0.15) is 29.3 Å². The van der Waals surface area contributed by atoms with Crippen LogP contribution in [-0.2, 0) is 20.7 Å². The average Bonchev–Trinajstić information content (AvgIpc) is 3.25. The number of para-hydroxylation sites is 1. The van der Waals surface area contributed by atoms with Crippen molar-refractivity contribution >= 4 is 22.7 Å². The summed E-state index contributed by atoms with van der Waals surface area (Å²) in [5, 5.41) is 1.14. The third kappa shape index (κ3) is 3.69. The molecule has 1 aromatic heterocycles. The Morgan fingerprint density at radius 2 is 1.71 bits per heavy atom. The molecule has 2 atom stereocenters. The summed E-state index contributed by atoms with van der Waals surface area (Å²) < 4.78 is 5.43. The maximum atomic E-state index is 13.7. The van der Waals surface area contributed by atoms with Crippen LogP contribution >= 0.6 is 0 Å². The molecular weight excluding hydrogens is 428 g/mol. The van der Waals surface area contributed by atoms with Crippen molar-refractivity contribution in [2.45, 2.75) is 24.9 Å². The van der Waals surface area contributed by atoms with Crippen molar-refractivity contribution in [1.29, 1.82) is 0 Å². The van der Waals surface area contributed by atoms with Crippen molar-refractivity contribution in [3.63, 3.8) is 0 Å². The van der Waals surface area contributed by atoms with E-state index in [4.69, 9.17) is 4.74 Å². The van der Waals surface area contributed by atoms with E-state index >= 15 is 0 Å². The number of hydrogen-bond acceptors (Lipinski definition) is 4. The number of carbonyl (C=O) groups excluding carboxylic acids is 2. The van der Waals surface area contributed by atoms with E-state index in [0.717, 1.165) is 67.0 Å². The second kappa shape index (κ2) is 8.89. The molecule has 3 aliphatic heterocycles. The normalized spacial score (nSPS) is 23.3. The van der Waals surface area contributed by atoms with E-state index < -0.39 is 6.04 Å². The van der Waals surface area contributed by atoms with Crippen LogP contribution in [0.25, 0.3) is 10.9 Å². The Bertz CT molecular complexity index is 1200. The fraction of sp³-hybridized carbons (Fsp3) is 0.407. The van der Waals surface area contributed by atoms with Crippen molar-refractivity contribution in [3.05, 3.63) is 71.4 Å². The first kappa shape index (κ1) is 21.4. The highest BCUT2D eigenvalue weighted by Gasteiger charge is 2.48. The van der Waals surface area contributed by atoms with E-state index in [2.05, 4.69) is 34.1 Å². The van der Waals surface area contributed by atoms with Crippen molar-refractivity contribution < 1.29 is 14.3 Å². The summed E-state index contributed by atoms with van der Waals surface area (Å²) in [5.74, 6) is 0.0903. The van der Waals surface area contributed by atoms with Crippen LogP contribution in [0.5, 0.6) is 0 Å². The number of carbonyl (C=O) groups is 2. The first-order valence-electron chi connectivity index (χ1n) is 12.2. The number of H-pyrrole nitrogens is 1. The van der Waals surface area contributed by atoms with Gasteiger partial charge in [0, 0.05) is 49.2 Å². The zero-order valence-corrected chi connectivity index (χ0v) is 19.3. The van der Waals surface area contributed by atoms with Gasteiger partial charge in [-0.2, -0.15) is 0 Å². The zero-order valence-electron chi connectivity index (χ0n) is 19.3. The zero-order chi connectivity index (χ0) is 23.1. The third-order valence-corrected chi connectivity index (χ3v) is 7.46. The number of fused-ring (bicyclic) bond motifs is 4. The summed E-state index contributed by atoms with van der Waals surface area (Å²) in [4.78, 5) is 36.8. The summed E-state index contributed by atoms with van der Waals surface area (Å²) in [7, 11) is 0. The molecule has 2 fully saturated rings. The minimum atomic E-state index is -0.471. The Morgan fingerprint density at radius 1 is 0.941 bits per heavy atom. The molecular formula is C27H30N4O3. The van der Waals surface area contributed by atoms with Gasteiger partial charge in [0.05, 0.1) is 25.8 Å². The lowest BCUT2D eigenvalue weighted by atomic mass is 9.86. The molecule has 2 aromatic carbocycles. The molecule has 176 valence electrons. The van der Waals surface area contributed by atoms with Crippen molar-refractivity contribution in [1.82, 2.24) is 19.7 Å². The van der Waals surface area contributed by atoms with Gasteiger partial charge in [-0.15, -0.1) is 0 Å². The maximum absolute atomic E-state index is 13.7. The van der Waals surface area contributed by atoms with Crippen LogP contribution in [0, 0.1) is 0 Å². The molecule has 0 aliphatic carbocycles. The average molecular weight is 459 g/mol. The molecule has 0 saturated carbocycles. The summed E-state index contributed by atoms with van der Waals surface area (Å²) >= 11 is 0. The van der Waals surface area contributed by atoms with Crippen molar-refractivity contribution in [2.75, 3.05) is 45.9 Å². The lowest BCUT2D eigenvalue weighted by Crippen LogP contribution is -2.63. The first-order valence-corrected chi connectivity index (χ1v) is 12.2.